The van der Waals surface area contributed by atoms with E-state index in [0.29, 0.717) is 18.4 Å². The number of aromatic amines is 1. The highest BCUT2D eigenvalue weighted by Gasteiger charge is 2.13. The Balaban J connectivity index is 1.74. The first-order valence-electron chi connectivity index (χ1n) is 10.7. The summed E-state index contributed by atoms with van der Waals surface area (Å²) in [5.41, 5.74) is 11.4. The van der Waals surface area contributed by atoms with E-state index < -0.39 is 0 Å². The molecule has 0 saturated heterocycles. The molecule has 3 N–H and O–H groups in total. The summed E-state index contributed by atoms with van der Waals surface area (Å²) in [7, 11) is 0. The van der Waals surface area contributed by atoms with Crippen LogP contribution in [0.1, 0.15) is 56.7 Å². The van der Waals surface area contributed by atoms with Crippen LogP contribution in [-0.2, 0) is 13.0 Å². The van der Waals surface area contributed by atoms with Crippen LogP contribution in [0.25, 0.3) is 11.0 Å². The molecule has 0 saturated carbocycles. The van der Waals surface area contributed by atoms with Gasteiger partial charge in [-0.3, -0.25) is 4.90 Å². The molecule has 0 spiro atoms. The Morgan fingerprint density at radius 2 is 1.66 bits per heavy atom. The van der Waals surface area contributed by atoms with E-state index in [-0.39, 0.29) is 0 Å². The van der Waals surface area contributed by atoms with Crippen molar-refractivity contribution in [3.8, 4) is 6.01 Å². The maximum absolute atomic E-state index is 6.08. The Labute approximate surface area is 173 Å². The van der Waals surface area contributed by atoms with E-state index in [9.17, 15) is 0 Å². The maximum atomic E-state index is 6.08. The highest BCUT2D eigenvalue weighted by atomic mass is 16.5. The summed E-state index contributed by atoms with van der Waals surface area (Å²) in [6.07, 6.45) is 6.04. The zero-order valence-electron chi connectivity index (χ0n) is 17.9. The molecule has 0 aliphatic rings. The predicted octanol–water partition coefficient (Wildman–Crippen LogP) is 4.54. The summed E-state index contributed by atoms with van der Waals surface area (Å²) in [6.45, 7) is 10.4. The van der Waals surface area contributed by atoms with Crippen molar-refractivity contribution in [2.75, 3.05) is 25.4 Å². The van der Waals surface area contributed by atoms with E-state index in [2.05, 4.69) is 64.9 Å². The quantitative estimate of drug-likeness (QED) is 0.498. The van der Waals surface area contributed by atoms with E-state index >= 15 is 0 Å². The number of hydrogen-bond donors (Lipinski definition) is 2. The molecule has 3 aromatic rings. The monoisotopic (exact) mass is 395 g/mol. The van der Waals surface area contributed by atoms with E-state index in [4.69, 9.17) is 10.5 Å². The minimum absolute atomic E-state index is 0.347. The van der Waals surface area contributed by atoms with Gasteiger partial charge in [0.25, 0.3) is 0 Å². The van der Waals surface area contributed by atoms with Crippen LogP contribution >= 0.6 is 0 Å². The molecule has 0 fully saturated rings. The van der Waals surface area contributed by atoms with Gasteiger partial charge in [0.1, 0.15) is 11.0 Å². The molecule has 2 aromatic heterocycles. The third-order valence-corrected chi connectivity index (χ3v) is 4.95. The molecule has 0 aliphatic heterocycles. The second kappa shape index (κ2) is 10.3. The Hall–Kier alpha value is -2.60. The molecule has 156 valence electrons. The van der Waals surface area contributed by atoms with Crippen LogP contribution in [0.5, 0.6) is 6.01 Å². The van der Waals surface area contributed by atoms with E-state index in [1.807, 2.05) is 6.20 Å². The fourth-order valence-corrected chi connectivity index (χ4v) is 3.59. The molecular formula is C23H33N5O. The summed E-state index contributed by atoms with van der Waals surface area (Å²) in [5, 5.41) is 0. The minimum Gasteiger partial charge on any atom is -0.463 e. The molecule has 0 bridgehead atoms. The lowest BCUT2D eigenvalue weighted by molar-refractivity contribution is 0.266. The van der Waals surface area contributed by atoms with Gasteiger partial charge in [0.15, 0.2) is 5.82 Å². The van der Waals surface area contributed by atoms with Crippen LogP contribution in [-0.4, -0.2) is 39.5 Å². The number of hydrogen-bond acceptors (Lipinski definition) is 5. The number of fused-ring (bicyclic) bond motifs is 1. The van der Waals surface area contributed by atoms with Crippen LogP contribution in [0.15, 0.2) is 30.5 Å². The van der Waals surface area contributed by atoms with Crippen molar-refractivity contribution in [3.05, 3.63) is 47.2 Å². The van der Waals surface area contributed by atoms with E-state index in [1.165, 1.54) is 24.0 Å². The third-order valence-electron chi connectivity index (χ3n) is 4.95. The number of nitrogens with two attached hydrogens (primary N) is 1. The lowest BCUT2D eigenvalue weighted by Gasteiger charge is -2.21. The Morgan fingerprint density at radius 3 is 2.31 bits per heavy atom. The number of ether oxygens (including phenoxy) is 1. The van der Waals surface area contributed by atoms with Gasteiger partial charge in [-0.1, -0.05) is 45.0 Å². The van der Waals surface area contributed by atoms with Crippen molar-refractivity contribution in [1.82, 2.24) is 19.9 Å². The molecule has 6 heteroatoms. The van der Waals surface area contributed by atoms with Crippen LogP contribution in [0, 0.1) is 0 Å². The number of nitrogens with zero attached hydrogens (tertiary/aromatic N) is 3. The van der Waals surface area contributed by atoms with E-state index in [1.54, 1.807) is 0 Å². The molecule has 0 amide bonds. The van der Waals surface area contributed by atoms with Gasteiger partial charge in [-0.15, -0.1) is 0 Å². The smallest absolute Gasteiger partial charge is 0.319 e. The number of H-pyrrole nitrogens is 1. The predicted molar refractivity (Wildman–Crippen MR) is 119 cm³/mol. The summed E-state index contributed by atoms with van der Waals surface area (Å²) in [5.74, 6) is 0.426. The van der Waals surface area contributed by atoms with E-state index in [0.717, 1.165) is 49.1 Å². The number of nitrogen functional groups attached to an aromatic ring is 1. The lowest BCUT2D eigenvalue weighted by atomic mass is 10.0. The van der Waals surface area contributed by atoms with Gasteiger partial charge in [0.2, 0.25) is 0 Å². The average Bonchev–Trinajstić information content (AvgIpc) is 3.11. The summed E-state index contributed by atoms with van der Waals surface area (Å²) in [6, 6.07) is 9.25. The van der Waals surface area contributed by atoms with Gasteiger partial charge in [-0.05, 0) is 43.5 Å². The van der Waals surface area contributed by atoms with Crippen LogP contribution in [0.4, 0.5) is 5.82 Å². The van der Waals surface area contributed by atoms with Crippen LogP contribution in [0.2, 0.25) is 0 Å². The van der Waals surface area contributed by atoms with Crippen molar-refractivity contribution < 1.29 is 4.74 Å². The number of anilines is 1. The minimum atomic E-state index is 0.347. The Bertz CT molecular complexity index is 898. The SMILES string of the molecule is CCCOc1nc(N)c2[nH]cc(Cc3ccc(CN(CCC)CCC)cc3)c2n1. The highest BCUT2D eigenvalue weighted by molar-refractivity contribution is 5.87. The summed E-state index contributed by atoms with van der Waals surface area (Å²) in [4.78, 5) is 14.5. The van der Waals surface area contributed by atoms with Gasteiger partial charge in [0, 0.05) is 24.7 Å². The second-order valence-electron chi connectivity index (χ2n) is 7.55. The zero-order chi connectivity index (χ0) is 20.6. The van der Waals surface area contributed by atoms with Crippen LogP contribution < -0.4 is 10.5 Å². The number of rotatable bonds is 11. The van der Waals surface area contributed by atoms with Crippen molar-refractivity contribution in [2.24, 2.45) is 0 Å². The number of benzene rings is 1. The molecule has 3 rings (SSSR count). The first-order chi connectivity index (χ1) is 14.1. The molecule has 0 aliphatic carbocycles. The lowest BCUT2D eigenvalue weighted by Crippen LogP contribution is -2.24. The number of nitrogens with one attached hydrogen (secondary N) is 1. The molecule has 0 unspecified atom stereocenters. The van der Waals surface area contributed by atoms with Gasteiger partial charge in [-0.2, -0.15) is 9.97 Å². The largest absolute Gasteiger partial charge is 0.463 e. The van der Waals surface area contributed by atoms with Crippen molar-refractivity contribution in [2.45, 2.75) is 53.0 Å². The second-order valence-corrected chi connectivity index (χ2v) is 7.55. The van der Waals surface area contributed by atoms with Crippen molar-refractivity contribution in [1.29, 1.82) is 0 Å². The molecular weight excluding hydrogens is 362 g/mol. The fourth-order valence-electron chi connectivity index (χ4n) is 3.59. The summed E-state index contributed by atoms with van der Waals surface area (Å²) >= 11 is 0. The van der Waals surface area contributed by atoms with Crippen LogP contribution in [0.3, 0.4) is 0 Å². The Morgan fingerprint density at radius 1 is 0.966 bits per heavy atom. The number of aromatic nitrogens is 3. The normalized spacial score (nSPS) is 11.4. The maximum Gasteiger partial charge on any atom is 0.319 e. The van der Waals surface area contributed by atoms with Crippen molar-refractivity contribution in [3.63, 3.8) is 0 Å². The topological polar surface area (TPSA) is 80.1 Å². The molecule has 0 atom stereocenters. The van der Waals surface area contributed by atoms with Gasteiger partial charge in [0.05, 0.1) is 6.61 Å². The molecule has 1 aromatic carbocycles. The van der Waals surface area contributed by atoms with Crippen molar-refractivity contribution >= 4 is 16.9 Å². The molecule has 2 heterocycles. The van der Waals surface area contributed by atoms with Gasteiger partial charge in [-0.25, -0.2) is 0 Å². The van der Waals surface area contributed by atoms with Gasteiger partial charge < -0.3 is 15.5 Å². The summed E-state index contributed by atoms with van der Waals surface area (Å²) < 4.78 is 5.59. The molecule has 6 nitrogen and oxygen atoms in total. The average molecular weight is 396 g/mol. The Kier molecular flexibility index (Phi) is 7.47. The standard InChI is InChI=1S/C23H33N5O/c1-4-11-28(12-5-2)16-18-9-7-17(8-10-18)14-19-15-25-21-20(19)26-23(27-22(21)24)29-13-6-3/h7-10,15,25H,4-6,11-14,16H2,1-3H3,(H2,24,26,27). The third kappa shape index (κ3) is 5.48. The molecule has 29 heavy (non-hydrogen) atoms. The zero-order valence-corrected chi connectivity index (χ0v) is 17.9. The fraction of sp³-hybridized carbons (Fsp3) is 0.478. The van der Waals surface area contributed by atoms with Gasteiger partial charge >= 0.3 is 6.01 Å². The molecule has 0 radical (unpaired) electrons. The highest BCUT2D eigenvalue weighted by Crippen LogP contribution is 2.25. The first-order valence-corrected chi connectivity index (χ1v) is 10.7. The first kappa shape index (κ1) is 21.1.